The molecule has 0 bridgehead atoms. The van der Waals surface area contributed by atoms with Crippen molar-refractivity contribution in [3.8, 4) is 16.9 Å². The second-order valence-electron chi connectivity index (χ2n) is 7.14. The van der Waals surface area contributed by atoms with Crippen LogP contribution in [0.3, 0.4) is 0 Å². The third-order valence-electron chi connectivity index (χ3n) is 5.21. The molecule has 0 N–H and O–H groups in total. The fourth-order valence-corrected chi connectivity index (χ4v) is 3.58. The van der Waals surface area contributed by atoms with Gasteiger partial charge in [0.2, 0.25) is 0 Å². The predicted octanol–water partition coefficient (Wildman–Crippen LogP) is 3.92. The monoisotopic (exact) mass is 352 g/mol. The second-order valence-corrected chi connectivity index (χ2v) is 7.14. The lowest BCUT2D eigenvalue weighted by atomic mass is 10.0. The zero-order valence-electron chi connectivity index (χ0n) is 15.9. The van der Waals surface area contributed by atoms with Gasteiger partial charge in [-0.1, -0.05) is 36.8 Å². The van der Waals surface area contributed by atoms with E-state index in [9.17, 15) is 4.79 Å². The maximum Gasteiger partial charge on any atom is 0.253 e. The first-order chi connectivity index (χ1) is 12.6. The number of carbonyl (C=O) groups is 1. The quantitative estimate of drug-likeness (QED) is 0.836. The molecule has 4 nitrogen and oxygen atoms in total. The Hall–Kier alpha value is -2.33. The summed E-state index contributed by atoms with van der Waals surface area (Å²) in [5.74, 6) is 0.971. The number of hydrogen-bond acceptors (Lipinski definition) is 3. The Morgan fingerprint density at radius 3 is 2.50 bits per heavy atom. The SMILES string of the molecule is COc1ccccc1-c1ccc(C(=O)N2CCCCC(N(C)C)C2)cc1. The summed E-state index contributed by atoms with van der Waals surface area (Å²) in [5.41, 5.74) is 2.85. The van der Waals surface area contributed by atoms with Gasteiger partial charge in [0.25, 0.3) is 5.91 Å². The molecule has 1 atom stereocenters. The molecule has 1 aliphatic rings. The number of benzene rings is 2. The van der Waals surface area contributed by atoms with Crippen molar-refractivity contribution in [1.82, 2.24) is 9.80 Å². The van der Waals surface area contributed by atoms with Crippen LogP contribution in [0.25, 0.3) is 11.1 Å². The van der Waals surface area contributed by atoms with Crippen LogP contribution >= 0.6 is 0 Å². The first-order valence-electron chi connectivity index (χ1n) is 9.29. The standard InChI is InChI=1S/C22H28N2O2/c1-23(2)19-8-6-7-15-24(16-19)22(25)18-13-11-17(12-14-18)20-9-4-5-10-21(20)26-3/h4-5,9-14,19H,6-8,15-16H2,1-3H3. The van der Waals surface area contributed by atoms with Crippen LogP contribution in [0.5, 0.6) is 5.75 Å². The Kier molecular flexibility index (Phi) is 5.94. The maximum absolute atomic E-state index is 13.0. The van der Waals surface area contributed by atoms with Crippen LogP contribution < -0.4 is 4.74 Å². The number of rotatable bonds is 4. The van der Waals surface area contributed by atoms with E-state index in [0.29, 0.717) is 6.04 Å². The van der Waals surface area contributed by atoms with Gasteiger partial charge in [0.05, 0.1) is 7.11 Å². The topological polar surface area (TPSA) is 32.8 Å². The molecule has 138 valence electrons. The summed E-state index contributed by atoms with van der Waals surface area (Å²) in [7, 11) is 5.87. The number of nitrogens with zero attached hydrogens (tertiary/aromatic N) is 2. The second kappa shape index (κ2) is 8.37. The molecule has 0 aliphatic carbocycles. The van der Waals surface area contributed by atoms with Crippen LogP contribution in [-0.2, 0) is 0 Å². The number of likely N-dealkylation sites (tertiary alicyclic amines) is 1. The van der Waals surface area contributed by atoms with Crippen molar-refractivity contribution in [1.29, 1.82) is 0 Å². The molecule has 1 heterocycles. The predicted molar refractivity (Wildman–Crippen MR) is 106 cm³/mol. The lowest BCUT2D eigenvalue weighted by molar-refractivity contribution is 0.0725. The zero-order valence-corrected chi connectivity index (χ0v) is 15.9. The van der Waals surface area contributed by atoms with Gasteiger partial charge >= 0.3 is 0 Å². The molecule has 1 aliphatic heterocycles. The van der Waals surface area contributed by atoms with Gasteiger partial charge < -0.3 is 14.5 Å². The first-order valence-corrected chi connectivity index (χ1v) is 9.29. The fraction of sp³-hybridized carbons (Fsp3) is 0.409. The van der Waals surface area contributed by atoms with E-state index in [1.807, 2.05) is 53.4 Å². The first kappa shape index (κ1) is 18.5. The Morgan fingerprint density at radius 1 is 1.08 bits per heavy atom. The van der Waals surface area contributed by atoms with Crippen molar-refractivity contribution in [3.63, 3.8) is 0 Å². The number of carbonyl (C=O) groups excluding carboxylic acids is 1. The average Bonchev–Trinajstić information content (AvgIpc) is 2.94. The van der Waals surface area contributed by atoms with E-state index in [4.69, 9.17) is 4.74 Å². The van der Waals surface area contributed by atoms with Gasteiger partial charge in [-0.25, -0.2) is 0 Å². The van der Waals surface area contributed by atoms with Crippen molar-refractivity contribution in [3.05, 3.63) is 54.1 Å². The van der Waals surface area contributed by atoms with E-state index < -0.39 is 0 Å². The van der Waals surface area contributed by atoms with Crippen molar-refractivity contribution >= 4 is 5.91 Å². The highest BCUT2D eigenvalue weighted by Gasteiger charge is 2.24. The Balaban J connectivity index is 1.78. The van der Waals surface area contributed by atoms with Gasteiger partial charge in [0.15, 0.2) is 0 Å². The molecule has 1 unspecified atom stereocenters. The summed E-state index contributed by atoms with van der Waals surface area (Å²) in [5, 5.41) is 0. The number of amides is 1. The summed E-state index contributed by atoms with van der Waals surface area (Å²) < 4.78 is 5.44. The van der Waals surface area contributed by atoms with Crippen LogP contribution in [-0.4, -0.2) is 56.0 Å². The normalized spacial score (nSPS) is 17.8. The van der Waals surface area contributed by atoms with Gasteiger partial charge in [0, 0.05) is 30.3 Å². The van der Waals surface area contributed by atoms with E-state index in [0.717, 1.165) is 48.4 Å². The fourth-order valence-electron chi connectivity index (χ4n) is 3.58. The van der Waals surface area contributed by atoms with Crippen molar-refractivity contribution in [2.45, 2.75) is 25.3 Å². The maximum atomic E-state index is 13.0. The van der Waals surface area contributed by atoms with E-state index in [-0.39, 0.29) is 5.91 Å². The third-order valence-corrected chi connectivity index (χ3v) is 5.21. The van der Waals surface area contributed by atoms with E-state index in [1.165, 1.54) is 6.42 Å². The molecule has 0 spiro atoms. The number of para-hydroxylation sites is 1. The minimum Gasteiger partial charge on any atom is -0.496 e. The average molecular weight is 352 g/mol. The molecule has 2 aromatic carbocycles. The molecule has 1 amide bonds. The van der Waals surface area contributed by atoms with Crippen LogP contribution in [0.15, 0.2) is 48.5 Å². The van der Waals surface area contributed by atoms with Crippen LogP contribution in [0.4, 0.5) is 0 Å². The zero-order chi connectivity index (χ0) is 18.5. The van der Waals surface area contributed by atoms with E-state index >= 15 is 0 Å². The van der Waals surface area contributed by atoms with Gasteiger partial charge in [-0.2, -0.15) is 0 Å². The highest BCUT2D eigenvalue weighted by atomic mass is 16.5. The minimum atomic E-state index is 0.130. The Bertz CT molecular complexity index is 740. The van der Waals surface area contributed by atoms with Crippen LogP contribution in [0, 0.1) is 0 Å². The number of ether oxygens (including phenoxy) is 1. The number of hydrogen-bond donors (Lipinski definition) is 0. The van der Waals surface area contributed by atoms with E-state index in [1.54, 1.807) is 7.11 Å². The molecule has 0 aromatic heterocycles. The minimum absolute atomic E-state index is 0.130. The summed E-state index contributed by atoms with van der Waals surface area (Å²) in [6.45, 7) is 1.65. The van der Waals surface area contributed by atoms with Crippen molar-refractivity contribution < 1.29 is 9.53 Å². The Morgan fingerprint density at radius 2 is 1.81 bits per heavy atom. The summed E-state index contributed by atoms with van der Waals surface area (Å²) in [6, 6.07) is 16.3. The summed E-state index contributed by atoms with van der Waals surface area (Å²) in [4.78, 5) is 17.2. The number of methoxy groups -OCH3 is 1. The summed E-state index contributed by atoms with van der Waals surface area (Å²) in [6.07, 6.45) is 3.41. The lowest BCUT2D eigenvalue weighted by Crippen LogP contribution is -2.41. The highest BCUT2D eigenvalue weighted by Crippen LogP contribution is 2.29. The molecule has 26 heavy (non-hydrogen) atoms. The molecule has 0 radical (unpaired) electrons. The molecule has 2 aromatic rings. The molecule has 0 saturated carbocycles. The van der Waals surface area contributed by atoms with Gasteiger partial charge in [0.1, 0.15) is 5.75 Å². The van der Waals surface area contributed by atoms with Crippen molar-refractivity contribution in [2.75, 3.05) is 34.3 Å². The van der Waals surface area contributed by atoms with Crippen LogP contribution in [0.2, 0.25) is 0 Å². The Labute approximate surface area is 156 Å². The third kappa shape index (κ3) is 4.07. The van der Waals surface area contributed by atoms with Crippen molar-refractivity contribution in [2.24, 2.45) is 0 Å². The van der Waals surface area contributed by atoms with Gasteiger partial charge in [-0.3, -0.25) is 4.79 Å². The molecular weight excluding hydrogens is 324 g/mol. The van der Waals surface area contributed by atoms with Gasteiger partial charge in [-0.15, -0.1) is 0 Å². The summed E-state index contributed by atoms with van der Waals surface area (Å²) >= 11 is 0. The molecule has 1 fully saturated rings. The largest absolute Gasteiger partial charge is 0.496 e. The molecular formula is C22H28N2O2. The van der Waals surface area contributed by atoms with E-state index in [2.05, 4.69) is 19.0 Å². The molecule has 1 saturated heterocycles. The lowest BCUT2D eigenvalue weighted by Gasteiger charge is -2.28. The number of likely N-dealkylation sites (N-methyl/N-ethyl adjacent to an activating group) is 1. The highest BCUT2D eigenvalue weighted by molar-refractivity contribution is 5.95. The molecule has 3 rings (SSSR count). The van der Waals surface area contributed by atoms with Gasteiger partial charge in [-0.05, 0) is 50.7 Å². The molecule has 4 heteroatoms. The van der Waals surface area contributed by atoms with Crippen LogP contribution in [0.1, 0.15) is 29.6 Å². The smallest absolute Gasteiger partial charge is 0.253 e.